The van der Waals surface area contributed by atoms with E-state index in [1.807, 2.05) is 4.57 Å². The van der Waals surface area contributed by atoms with Crippen LogP contribution in [-0.4, -0.2) is 28.4 Å². The summed E-state index contributed by atoms with van der Waals surface area (Å²) < 4.78 is 62.5. The number of carbonyl (C=O) groups is 1. The summed E-state index contributed by atoms with van der Waals surface area (Å²) in [7, 11) is 0. The SMILES string of the molecule is O=C(NCCCn1ccnc1)Nc1ccc2c(c1)C(F)(F)OC(F)(F)O2. The molecule has 140 valence electrons. The van der Waals surface area contributed by atoms with Gasteiger partial charge in [0.2, 0.25) is 0 Å². The Labute approximate surface area is 144 Å². The molecule has 3 rings (SSSR count). The summed E-state index contributed by atoms with van der Waals surface area (Å²) >= 11 is 0. The van der Waals surface area contributed by atoms with Crippen LogP contribution in [-0.2, 0) is 17.4 Å². The summed E-state index contributed by atoms with van der Waals surface area (Å²) in [6.07, 6.45) is -3.01. The molecule has 2 amide bonds. The van der Waals surface area contributed by atoms with Crippen molar-refractivity contribution in [1.82, 2.24) is 14.9 Å². The lowest BCUT2D eigenvalue weighted by Gasteiger charge is -2.30. The van der Waals surface area contributed by atoms with Gasteiger partial charge in [-0.15, -0.1) is 8.78 Å². The van der Waals surface area contributed by atoms with Gasteiger partial charge in [-0.2, -0.15) is 8.78 Å². The highest BCUT2D eigenvalue weighted by Crippen LogP contribution is 2.46. The summed E-state index contributed by atoms with van der Waals surface area (Å²) in [6.45, 7) is 0.984. The van der Waals surface area contributed by atoms with Crippen LogP contribution in [0.25, 0.3) is 0 Å². The fraction of sp³-hybridized carbons (Fsp3) is 0.333. The molecule has 2 aromatic rings. The van der Waals surface area contributed by atoms with Crippen LogP contribution in [0.5, 0.6) is 5.75 Å². The normalized spacial score (nSPS) is 17.1. The van der Waals surface area contributed by atoms with Crippen LogP contribution >= 0.6 is 0 Å². The molecule has 2 heterocycles. The van der Waals surface area contributed by atoms with E-state index in [2.05, 4.69) is 25.1 Å². The van der Waals surface area contributed by atoms with E-state index in [0.29, 0.717) is 19.5 Å². The predicted octanol–water partition coefficient (Wildman–Crippen LogP) is 3.10. The third-order valence-electron chi connectivity index (χ3n) is 3.46. The number of alkyl halides is 4. The zero-order valence-electron chi connectivity index (χ0n) is 13.2. The Morgan fingerprint density at radius 2 is 2.08 bits per heavy atom. The molecule has 2 N–H and O–H groups in total. The van der Waals surface area contributed by atoms with E-state index in [1.165, 1.54) is 6.07 Å². The highest BCUT2D eigenvalue weighted by Gasteiger charge is 2.54. The van der Waals surface area contributed by atoms with E-state index in [4.69, 9.17) is 0 Å². The molecular formula is C15H14F4N4O3. The van der Waals surface area contributed by atoms with E-state index in [0.717, 1.165) is 12.1 Å². The van der Waals surface area contributed by atoms with Crippen molar-refractivity contribution >= 4 is 11.7 Å². The number of amides is 2. The highest BCUT2D eigenvalue weighted by molar-refractivity contribution is 5.89. The van der Waals surface area contributed by atoms with E-state index in [-0.39, 0.29) is 5.69 Å². The van der Waals surface area contributed by atoms with Crippen LogP contribution in [0.15, 0.2) is 36.9 Å². The van der Waals surface area contributed by atoms with Crippen molar-refractivity contribution in [3.8, 4) is 5.75 Å². The fourth-order valence-electron chi connectivity index (χ4n) is 2.34. The molecule has 0 bridgehead atoms. The molecule has 0 spiro atoms. The average Bonchev–Trinajstić information content (AvgIpc) is 3.04. The largest absolute Gasteiger partial charge is 0.540 e. The lowest BCUT2D eigenvalue weighted by atomic mass is 10.1. The number of carbonyl (C=O) groups excluding carboxylic acids is 1. The quantitative estimate of drug-likeness (QED) is 0.623. The van der Waals surface area contributed by atoms with Crippen LogP contribution in [0.3, 0.4) is 0 Å². The standard InChI is InChI=1S/C15H14F4N4O3/c16-14(17)11-8-10(2-3-12(11)25-15(18,19)26-14)22-13(24)21-4-1-6-23-7-5-20-9-23/h2-3,5,7-9H,1,4,6H2,(H2,21,22,24). The first-order valence-corrected chi connectivity index (χ1v) is 7.55. The highest BCUT2D eigenvalue weighted by atomic mass is 19.3. The molecule has 0 saturated carbocycles. The average molecular weight is 374 g/mol. The monoisotopic (exact) mass is 374 g/mol. The van der Waals surface area contributed by atoms with Crippen LogP contribution < -0.4 is 15.4 Å². The maximum Gasteiger partial charge on any atom is 0.540 e. The molecule has 0 saturated heterocycles. The molecule has 1 aromatic carbocycles. The molecule has 1 aromatic heterocycles. The maximum absolute atomic E-state index is 13.7. The Morgan fingerprint density at radius 1 is 1.27 bits per heavy atom. The molecule has 0 fully saturated rings. The van der Waals surface area contributed by atoms with E-state index >= 15 is 0 Å². The number of fused-ring (bicyclic) bond motifs is 1. The van der Waals surface area contributed by atoms with Crippen molar-refractivity contribution in [3.05, 3.63) is 42.5 Å². The first kappa shape index (κ1) is 18.0. The van der Waals surface area contributed by atoms with Gasteiger partial charge < -0.3 is 19.9 Å². The second-order valence-corrected chi connectivity index (χ2v) is 5.43. The maximum atomic E-state index is 13.7. The van der Waals surface area contributed by atoms with Gasteiger partial charge in [0.1, 0.15) is 5.75 Å². The summed E-state index contributed by atoms with van der Waals surface area (Å²) in [4.78, 5) is 15.7. The van der Waals surface area contributed by atoms with E-state index < -0.39 is 29.7 Å². The van der Waals surface area contributed by atoms with Crippen LogP contribution in [0.2, 0.25) is 0 Å². The summed E-state index contributed by atoms with van der Waals surface area (Å²) in [5.74, 6) is -0.724. The Kier molecular flexibility index (Phi) is 4.72. The van der Waals surface area contributed by atoms with Gasteiger partial charge in [-0.3, -0.25) is 0 Å². The number of urea groups is 1. The summed E-state index contributed by atoms with van der Waals surface area (Å²) in [5.41, 5.74) is -0.922. The Bertz CT molecular complexity index is 783. The number of aromatic nitrogens is 2. The van der Waals surface area contributed by atoms with Crippen molar-refractivity contribution in [2.75, 3.05) is 11.9 Å². The van der Waals surface area contributed by atoms with Crippen molar-refractivity contribution in [2.45, 2.75) is 25.4 Å². The van der Waals surface area contributed by atoms with Gasteiger partial charge in [0.15, 0.2) is 0 Å². The minimum absolute atomic E-state index is 0.0204. The second kappa shape index (κ2) is 6.83. The number of nitrogens with zero attached hydrogens (tertiary/aromatic N) is 2. The molecule has 1 aliphatic heterocycles. The van der Waals surface area contributed by atoms with Gasteiger partial charge in [-0.25, -0.2) is 14.5 Å². The Morgan fingerprint density at radius 3 is 2.81 bits per heavy atom. The number of rotatable bonds is 5. The fourth-order valence-corrected chi connectivity index (χ4v) is 2.34. The number of anilines is 1. The molecule has 0 aliphatic carbocycles. The van der Waals surface area contributed by atoms with Gasteiger partial charge in [0.25, 0.3) is 0 Å². The van der Waals surface area contributed by atoms with Crippen molar-refractivity contribution in [3.63, 3.8) is 0 Å². The van der Waals surface area contributed by atoms with Crippen molar-refractivity contribution in [1.29, 1.82) is 0 Å². The first-order chi connectivity index (χ1) is 12.3. The molecule has 0 radical (unpaired) electrons. The predicted molar refractivity (Wildman–Crippen MR) is 80.9 cm³/mol. The lowest BCUT2D eigenvalue weighted by molar-refractivity contribution is -0.461. The van der Waals surface area contributed by atoms with Gasteiger partial charge in [-0.1, -0.05) is 0 Å². The number of imidazole rings is 1. The van der Waals surface area contributed by atoms with Gasteiger partial charge in [-0.05, 0) is 24.6 Å². The molecule has 1 aliphatic rings. The van der Waals surface area contributed by atoms with Crippen LogP contribution in [0, 0.1) is 0 Å². The van der Waals surface area contributed by atoms with E-state index in [1.54, 1.807) is 18.7 Å². The van der Waals surface area contributed by atoms with Crippen LogP contribution in [0.4, 0.5) is 28.0 Å². The van der Waals surface area contributed by atoms with E-state index in [9.17, 15) is 22.4 Å². The summed E-state index contributed by atoms with van der Waals surface area (Å²) in [5, 5.41) is 4.90. The molecule has 26 heavy (non-hydrogen) atoms. The third-order valence-corrected chi connectivity index (χ3v) is 3.46. The third kappa shape index (κ3) is 4.23. The van der Waals surface area contributed by atoms with Gasteiger partial charge in [0, 0.05) is 31.2 Å². The lowest BCUT2D eigenvalue weighted by Crippen LogP contribution is -2.41. The smallest absolute Gasteiger partial charge is 0.409 e. The van der Waals surface area contributed by atoms with Gasteiger partial charge >= 0.3 is 18.4 Å². The number of aryl methyl sites for hydroxylation is 1. The Balaban J connectivity index is 1.56. The molecule has 11 heteroatoms. The van der Waals surface area contributed by atoms with Crippen molar-refractivity contribution < 1.29 is 31.8 Å². The number of ether oxygens (including phenoxy) is 2. The molecule has 0 unspecified atom stereocenters. The number of halogens is 4. The molecule has 0 atom stereocenters. The minimum Gasteiger partial charge on any atom is -0.409 e. The zero-order valence-corrected chi connectivity index (χ0v) is 13.2. The van der Waals surface area contributed by atoms with Gasteiger partial charge in [0.05, 0.1) is 11.9 Å². The summed E-state index contributed by atoms with van der Waals surface area (Å²) in [6, 6.07) is 2.27. The molecule has 7 nitrogen and oxygen atoms in total. The zero-order chi connectivity index (χ0) is 18.8. The Hall–Kier alpha value is -2.82. The number of benzene rings is 1. The second-order valence-electron chi connectivity index (χ2n) is 5.43. The number of hydrogen-bond donors (Lipinski definition) is 2. The topological polar surface area (TPSA) is 77.4 Å². The number of hydrogen-bond acceptors (Lipinski definition) is 4. The van der Waals surface area contributed by atoms with Crippen molar-refractivity contribution in [2.24, 2.45) is 0 Å². The molecular weight excluding hydrogens is 360 g/mol. The first-order valence-electron chi connectivity index (χ1n) is 7.55. The minimum atomic E-state index is -4.43. The van der Waals surface area contributed by atoms with Crippen LogP contribution in [0.1, 0.15) is 12.0 Å². The number of nitrogens with one attached hydrogen (secondary N) is 2.